The highest BCUT2D eigenvalue weighted by molar-refractivity contribution is 7.91. The molecular formula is C20H32N4O3S. The third-order valence-electron chi connectivity index (χ3n) is 5.15. The van der Waals surface area contributed by atoms with Gasteiger partial charge in [-0.1, -0.05) is 18.2 Å². The summed E-state index contributed by atoms with van der Waals surface area (Å²) in [6.07, 6.45) is 0.846. The zero-order valence-corrected chi connectivity index (χ0v) is 17.9. The number of nitrogens with zero attached hydrogens (tertiary/aromatic N) is 2. The Morgan fingerprint density at radius 3 is 2.71 bits per heavy atom. The van der Waals surface area contributed by atoms with Gasteiger partial charge in [0.15, 0.2) is 15.8 Å². The van der Waals surface area contributed by atoms with Crippen LogP contribution in [0.1, 0.15) is 38.8 Å². The number of fused-ring (bicyclic) bond motifs is 1. The summed E-state index contributed by atoms with van der Waals surface area (Å²) in [5.74, 6) is 2.21. The Balaban J connectivity index is 1.63. The van der Waals surface area contributed by atoms with Gasteiger partial charge in [-0.2, -0.15) is 0 Å². The fourth-order valence-corrected chi connectivity index (χ4v) is 4.97. The number of hydrogen-bond acceptors (Lipinski definition) is 5. The fraction of sp³-hybridized carbons (Fsp3) is 0.650. The molecule has 2 N–H and O–H groups in total. The van der Waals surface area contributed by atoms with E-state index >= 15 is 0 Å². The Bertz CT molecular complexity index is 793. The van der Waals surface area contributed by atoms with Gasteiger partial charge in [-0.15, -0.1) is 0 Å². The number of hydrogen-bond donors (Lipinski definition) is 2. The minimum absolute atomic E-state index is 0.123. The largest absolute Gasteiger partial charge is 0.487 e. The monoisotopic (exact) mass is 408 g/mol. The predicted molar refractivity (Wildman–Crippen MR) is 113 cm³/mol. The molecule has 0 bridgehead atoms. The van der Waals surface area contributed by atoms with Crippen LogP contribution in [0.4, 0.5) is 0 Å². The first kappa shape index (κ1) is 20.9. The van der Waals surface area contributed by atoms with E-state index < -0.39 is 9.84 Å². The summed E-state index contributed by atoms with van der Waals surface area (Å²) in [6.45, 7) is 9.63. The van der Waals surface area contributed by atoms with Crippen molar-refractivity contribution in [3.05, 3.63) is 29.8 Å². The molecule has 1 atom stereocenters. The van der Waals surface area contributed by atoms with Gasteiger partial charge >= 0.3 is 0 Å². The lowest BCUT2D eigenvalue weighted by Gasteiger charge is -2.38. The maximum Gasteiger partial charge on any atom is 0.191 e. The molecule has 2 aliphatic heterocycles. The van der Waals surface area contributed by atoms with Gasteiger partial charge in [0.05, 0.1) is 24.1 Å². The lowest BCUT2D eigenvalue weighted by molar-refractivity contribution is 0.0694. The molecule has 0 radical (unpaired) electrons. The van der Waals surface area contributed by atoms with Crippen LogP contribution in [0.5, 0.6) is 5.75 Å². The summed E-state index contributed by atoms with van der Waals surface area (Å²) < 4.78 is 29.2. The third kappa shape index (κ3) is 5.61. The van der Waals surface area contributed by atoms with Crippen LogP contribution in [0.25, 0.3) is 0 Å². The van der Waals surface area contributed by atoms with Gasteiger partial charge in [0.25, 0.3) is 0 Å². The van der Waals surface area contributed by atoms with Crippen molar-refractivity contribution in [3.8, 4) is 5.75 Å². The Morgan fingerprint density at radius 2 is 2.00 bits per heavy atom. The summed E-state index contributed by atoms with van der Waals surface area (Å²) in [4.78, 5) is 6.89. The lowest BCUT2D eigenvalue weighted by Crippen LogP contribution is -2.46. The van der Waals surface area contributed by atoms with Crippen molar-refractivity contribution < 1.29 is 13.2 Å². The van der Waals surface area contributed by atoms with E-state index in [0.29, 0.717) is 19.6 Å². The van der Waals surface area contributed by atoms with Crippen LogP contribution in [-0.2, 0) is 9.84 Å². The molecule has 2 aliphatic rings. The van der Waals surface area contributed by atoms with Crippen molar-refractivity contribution in [2.75, 3.05) is 44.2 Å². The Morgan fingerprint density at radius 1 is 1.29 bits per heavy atom. The van der Waals surface area contributed by atoms with E-state index in [9.17, 15) is 8.42 Å². The third-order valence-corrected chi connectivity index (χ3v) is 6.76. The van der Waals surface area contributed by atoms with Gasteiger partial charge in [-0.25, -0.2) is 8.42 Å². The topological polar surface area (TPSA) is 83.0 Å². The number of sulfone groups is 1. The summed E-state index contributed by atoms with van der Waals surface area (Å²) >= 11 is 0. The molecule has 1 saturated heterocycles. The van der Waals surface area contributed by atoms with Gasteiger partial charge in [-0.05, 0) is 26.8 Å². The quantitative estimate of drug-likeness (QED) is 0.569. The molecule has 0 aromatic heterocycles. The van der Waals surface area contributed by atoms with Crippen LogP contribution in [0, 0.1) is 0 Å². The molecule has 3 rings (SSSR count). The molecule has 0 amide bonds. The molecule has 1 unspecified atom stereocenters. The number of benzene rings is 1. The standard InChI is InChI=1S/C20H32N4O3S/c1-4-21-19(22-9-10-24-11-13-28(25,26)14-12-24)23-17-15-20(2,3)27-18-8-6-5-7-16(17)18/h5-8,17H,4,9-15H2,1-3H3,(H2,21,22,23). The zero-order valence-electron chi connectivity index (χ0n) is 17.1. The minimum Gasteiger partial charge on any atom is -0.487 e. The second-order valence-corrected chi connectivity index (χ2v) is 10.4. The van der Waals surface area contributed by atoms with E-state index in [4.69, 9.17) is 9.73 Å². The summed E-state index contributed by atoms with van der Waals surface area (Å²) in [5, 5.41) is 6.89. The minimum atomic E-state index is -2.84. The smallest absolute Gasteiger partial charge is 0.191 e. The maximum atomic E-state index is 11.6. The van der Waals surface area contributed by atoms with Crippen LogP contribution in [0.15, 0.2) is 29.3 Å². The molecule has 0 spiro atoms. The fourth-order valence-electron chi connectivity index (χ4n) is 3.69. The SMILES string of the molecule is CCNC(=NCCN1CCS(=O)(=O)CC1)NC1CC(C)(C)Oc2ccccc21. The maximum absolute atomic E-state index is 11.6. The Hall–Kier alpha value is -1.80. The van der Waals surface area contributed by atoms with Gasteiger partial charge in [0.1, 0.15) is 11.4 Å². The molecular weight excluding hydrogens is 376 g/mol. The number of para-hydroxylation sites is 1. The highest BCUT2D eigenvalue weighted by Gasteiger charge is 2.34. The Labute approximate surface area is 168 Å². The number of guanidine groups is 1. The molecule has 1 aromatic rings. The molecule has 156 valence electrons. The number of nitrogens with one attached hydrogen (secondary N) is 2. The number of ether oxygens (including phenoxy) is 1. The average Bonchev–Trinajstić information content (AvgIpc) is 2.62. The van der Waals surface area contributed by atoms with Crippen LogP contribution < -0.4 is 15.4 Å². The van der Waals surface area contributed by atoms with Crippen molar-refractivity contribution in [1.29, 1.82) is 0 Å². The lowest BCUT2D eigenvalue weighted by atomic mass is 9.90. The number of rotatable bonds is 5. The van der Waals surface area contributed by atoms with Crippen LogP contribution in [-0.4, -0.2) is 69.1 Å². The molecule has 0 aliphatic carbocycles. The first-order valence-corrected chi connectivity index (χ1v) is 11.9. The first-order chi connectivity index (χ1) is 13.3. The van der Waals surface area contributed by atoms with E-state index in [-0.39, 0.29) is 23.1 Å². The summed E-state index contributed by atoms with van der Waals surface area (Å²) in [5.41, 5.74) is 0.900. The van der Waals surface area contributed by atoms with Crippen LogP contribution in [0.2, 0.25) is 0 Å². The highest BCUT2D eigenvalue weighted by atomic mass is 32.2. The van der Waals surface area contributed by atoms with E-state index in [1.807, 2.05) is 18.2 Å². The molecule has 1 aromatic carbocycles. The van der Waals surface area contributed by atoms with Crippen LogP contribution in [0.3, 0.4) is 0 Å². The van der Waals surface area contributed by atoms with E-state index in [0.717, 1.165) is 36.8 Å². The van der Waals surface area contributed by atoms with Crippen molar-refractivity contribution >= 4 is 15.8 Å². The van der Waals surface area contributed by atoms with E-state index in [2.05, 4.69) is 42.4 Å². The Kier molecular flexibility index (Phi) is 6.50. The highest BCUT2D eigenvalue weighted by Crippen LogP contribution is 2.39. The average molecular weight is 409 g/mol. The van der Waals surface area contributed by atoms with Crippen molar-refractivity contribution in [3.63, 3.8) is 0 Å². The predicted octanol–water partition coefficient (Wildman–Crippen LogP) is 1.57. The van der Waals surface area contributed by atoms with Gasteiger partial charge < -0.3 is 15.4 Å². The van der Waals surface area contributed by atoms with Crippen LogP contribution >= 0.6 is 0 Å². The molecule has 2 heterocycles. The van der Waals surface area contributed by atoms with Gasteiger partial charge in [0.2, 0.25) is 0 Å². The van der Waals surface area contributed by atoms with Gasteiger partial charge in [-0.3, -0.25) is 9.89 Å². The summed E-state index contributed by atoms with van der Waals surface area (Å²) in [7, 11) is -2.84. The van der Waals surface area contributed by atoms with E-state index in [1.165, 1.54) is 0 Å². The second-order valence-electron chi connectivity index (χ2n) is 8.05. The molecule has 28 heavy (non-hydrogen) atoms. The summed E-state index contributed by atoms with van der Waals surface area (Å²) in [6, 6.07) is 8.26. The zero-order chi connectivity index (χ0) is 20.2. The van der Waals surface area contributed by atoms with Crippen molar-refractivity contribution in [2.45, 2.75) is 38.8 Å². The molecule has 8 heteroatoms. The first-order valence-electron chi connectivity index (χ1n) is 10.0. The normalized spacial score (nSPS) is 24.1. The second kappa shape index (κ2) is 8.69. The number of aliphatic imine (C=N–C) groups is 1. The molecule has 0 saturated carbocycles. The van der Waals surface area contributed by atoms with Crippen molar-refractivity contribution in [1.82, 2.24) is 15.5 Å². The van der Waals surface area contributed by atoms with E-state index in [1.54, 1.807) is 0 Å². The van der Waals surface area contributed by atoms with Crippen molar-refractivity contribution in [2.24, 2.45) is 4.99 Å². The molecule has 1 fully saturated rings. The molecule has 7 nitrogen and oxygen atoms in total. The van der Waals surface area contributed by atoms with Gasteiger partial charge in [0, 0.05) is 38.2 Å².